The first-order chi connectivity index (χ1) is 7.95. The van der Waals surface area contributed by atoms with Gasteiger partial charge in [0.2, 0.25) is 5.91 Å². The molecular formula is C13H21N3O. The normalized spacial score (nSPS) is 14.2. The predicted octanol–water partition coefficient (Wildman–Crippen LogP) is 2.01. The topological polar surface area (TPSA) is 68.0 Å². The van der Waals surface area contributed by atoms with Crippen LogP contribution in [0.3, 0.4) is 0 Å². The number of aryl methyl sites for hydroxylation is 2. The molecule has 0 saturated heterocycles. The second-order valence-electron chi connectivity index (χ2n) is 4.49. The third-order valence-corrected chi connectivity index (χ3v) is 3.04. The Morgan fingerprint density at radius 2 is 2.12 bits per heavy atom. The number of anilines is 1. The van der Waals surface area contributed by atoms with Crippen LogP contribution >= 0.6 is 0 Å². The molecule has 0 saturated carbocycles. The number of nitrogens with zero attached hydrogens (tertiary/aromatic N) is 1. The first-order valence-corrected chi connectivity index (χ1v) is 5.96. The third-order valence-electron chi connectivity index (χ3n) is 3.04. The van der Waals surface area contributed by atoms with Crippen molar-refractivity contribution >= 4 is 11.6 Å². The molecule has 0 radical (unpaired) electrons. The summed E-state index contributed by atoms with van der Waals surface area (Å²) in [4.78, 5) is 16.2. The summed E-state index contributed by atoms with van der Waals surface area (Å²) in [6.45, 7) is 7.79. The van der Waals surface area contributed by atoms with Crippen molar-refractivity contribution in [3.63, 3.8) is 0 Å². The second-order valence-corrected chi connectivity index (χ2v) is 4.49. The number of rotatable bonds is 4. The van der Waals surface area contributed by atoms with Crippen molar-refractivity contribution in [3.05, 3.63) is 23.5 Å². The third kappa shape index (κ3) is 3.53. The van der Waals surface area contributed by atoms with Gasteiger partial charge in [0.15, 0.2) is 0 Å². The smallest absolute Gasteiger partial charge is 0.241 e. The van der Waals surface area contributed by atoms with Crippen LogP contribution in [0.15, 0.2) is 12.1 Å². The van der Waals surface area contributed by atoms with Crippen molar-refractivity contribution in [1.82, 2.24) is 4.98 Å². The predicted molar refractivity (Wildman–Crippen MR) is 69.8 cm³/mol. The highest BCUT2D eigenvalue weighted by Crippen LogP contribution is 2.14. The molecular weight excluding hydrogens is 214 g/mol. The van der Waals surface area contributed by atoms with Crippen LogP contribution in [0, 0.1) is 19.8 Å². The van der Waals surface area contributed by atoms with E-state index in [2.05, 4.69) is 10.3 Å². The number of nitrogens with one attached hydrogen (secondary N) is 1. The summed E-state index contributed by atoms with van der Waals surface area (Å²) in [6, 6.07) is 3.26. The highest BCUT2D eigenvalue weighted by atomic mass is 16.2. The van der Waals surface area contributed by atoms with Gasteiger partial charge in [0.25, 0.3) is 0 Å². The van der Waals surface area contributed by atoms with Crippen LogP contribution in [0.5, 0.6) is 0 Å². The van der Waals surface area contributed by atoms with E-state index in [0.29, 0.717) is 0 Å². The van der Waals surface area contributed by atoms with Gasteiger partial charge in [-0.3, -0.25) is 9.78 Å². The number of pyridine rings is 1. The summed E-state index contributed by atoms with van der Waals surface area (Å²) < 4.78 is 0. The molecule has 4 heteroatoms. The van der Waals surface area contributed by atoms with Crippen molar-refractivity contribution in [2.45, 2.75) is 40.2 Å². The van der Waals surface area contributed by atoms with E-state index in [9.17, 15) is 4.79 Å². The van der Waals surface area contributed by atoms with Gasteiger partial charge in [-0.15, -0.1) is 0 Å². The zero-order valence-electron chi connectivity index (χ0n) is 10.9. The van der Waals surface area contributed by atoms with Crippen LogP contribution in [0.1, 0.15) is 31.7 Å². The number of carbonyl (C=O) groups is 1. The van der Waals surface area contributed by atoms with Crippen molar-refractivity contribution in [3.8, 4) is 0 Å². The van der Waals surface area contributed by atoms with Gasteiger partial charge >= 0.3 is 0 Å². The van der Waals surface area contributed by atoms with Gasteiger partial charge in [-0.25, -0.2) is 0 Å². The first-order valence-electron chi connectivity index (χ1n) is 5.96. The van der Waals surface area contributed by atoms with Crippen molar-refractivity contribution in [2.24, 2.45) is 11.7 Å². The number of hydrogen-bond acceptors (Lipinski definition) is 3. The number of nitrogens with two attached hydrogens (primary N) is 1. The zero-order valence-corrected chi connectivity index (χ0v) is 10.9. The lowest BCUT2D eigenvalue weighted by Crippen LogP contribution is -2.40. The molecule has 2 atom stereocenters. The molecule has 0 aliphatic rings. The van der Waals surface area contributed by atoms with E-state index < -0.39 is 6.04 Å². The van der Waals surface area contributed by atoms with Crippen molar-refractivity contribution in [1.29, 1.82) is 0 Å². The fraction of sp³-hybridized carbons (Fsp3) is 0.538. The van der Waals surface area contributed by atoms with E-state index in [-0.39, 0.29) is 11.8 Å². The highest BCUT2D eigenvalue weighted by molar-refractivity contribution is 5.95. The number of hydrogen-bond donors (Lipinski definition) is 2. The van der Waals surface area contributed by atoms with Crippen molar-refractivity contribution in [2.75, 3.05) is 5.32 Å². The van der Waals surface area contributed by atoms with Gasteiger partial charge < -0.3 is 11.1 Å². The van der Waals surface area contributed by atoms with E-state index in [4.69, 9.17) is 5.73 Å². The maximum absolute atomic E-state index is 11.9. The minimum absolute atomic E-state index is 0.145. The molecule has 0 aromatic carbocycles. The summed E-state index contributed by atoms with van der Waals surface area (Å²) in [5.74, 6) is 0.0295. The zero-order chi connectivity index (χ0) is 13.0. The summed E-state index contributed by atoms with van der Waals surface area (Å²) >= 11 is 0. The lowest BCUT2D eigenvalue weighted by atomic mass is 9.99. The minimum atomic E-state index is -0.472. The molecule has 0 spiro atoms. The van der Waals surface area contributed by atoms with E-state index >= 15 is 0 Å². The monoisotopic (exact) mass is 235 g/mol. The van der Waals surface area contributed by atoms with Gasteiger partial charge in [-0.2, -0.15) is 0 Å². The minimum Gasteiger partial charge on any atom is -0.323 e. The van der Waals surface area contributed by atoms with E-state index in [1.807, 2.05) is 39.8 Å². The fourth-order valence-corrected chi connectivity index (χ4v) is 1.55. The quantitative estimate of drug-likeness (QED) is 0.838. The highest BCUT2D eigenvalue weighted by Gasteiger charge is 2.19. The summed E-state index contributed by atoms with van der Waals surface area (Å²) in [7, 11) is 0. The largest absolute Gasteiger partial charge is 0.323 e. The lowest BCUT2D eigenvalue weighted by Gasteiger charge is -2.18. The average Bonchev–Trinajstić information content (AvgIpc) is 2.30. The molecule has 4 nitrogen and oxygen atoms in total. The Kier molecular flexibility index (Phi) is 4.63. The molecule has 1 rings (SSSR count). The lowest BCUT2D eigenvalue weighted by molar-refractivity contribution is -0.118. The summed E-state index contributed by atoms with van der Waals surface area (Å²) in [6.07, 6.45) is 0.889. The molecule has 3 N–H and O–H groups in total. The second kappa shape index (κ2) is 5.77. The fourth-order valence-electron chi connectivity index (χ4n) is 1.55. The molecule has 0 fully saturated rings. The molecule has 94 valence electrons. The number of carbonyl (C=O) groups excluding carboxylic acids is 1. The van der Waals surface area contributed by atoms with Crippen LogP contribution in [0.4, 0.5) is 5.69 Å². The maximum Gasteiger partial charge on any atom is 0.241 e. The van der Waals surface area contributed by atoms with Gasteiger partial charge in [0.1, 0.15) is 0 Å². The van der Waals surface area contributed by atoms with E-state index in [1.165, 1.54) is 0 Å². The van der Waals surface area contributed by atoms with Crippen LogP contribution in [-0.4, -0.2) is 16.9 Å². The summed E-state index contributed by atoms with van der Waals surface area (Å²) in [5, 5.41) is 2.83. The summed E-state index contributed by atoms with van der Waals surface area (Å²) in [5.41, 5.74) is 8.35. The molecule has 1 aromatic heterocycles. The Balaban J connectivity index is 2.74. The molecule has 0 bridgehead atoms. The van der Waals surface area contributed by atoms with Crippen molar-refractivity contribution < 1.29 is 4.79 Å². The Bertz CT molecular complexity index is 404. The Labute approximate surface area is 103 Å². The van der Waals surface area contributed by atoms with E-state index in [0.717, 1.165) is 23.5 Å². The number of amides is 1. The molecule has 1 unspecified atom stereocenters. The SMILES string of the molecule is CCC(C)[C@H](N)C(=O)Nc1ccc(C)nc1C. The van der Waals surface area contributed by atoms with Crippen LogP contribution in [-0.2, 0) is 4.79 Å². The van der Waals surface area contributed by atoms with Gasteiger partial charge in [0.05, 0.1) is 17.4 Å². The molecule has 17 heavy (non-hydrogen) atoms. The van der Waals surface area contributed by atoms with Gasteiger partial charge in [0, 0.05) is 5.69 Å². The van der Waals surface area contributed by atoms with Crippen LogP contribution in [0.25, 0.3) is 0 Å². The molecule has 0 aliphatic carbocycles. The first kappa shape index (κ1) is 13.6. The Morgan fingerprint density at radius 1 is 1.47 bits per heavy atom. The maximum atomic E-state index is 11.9. The average molecular weight is 235 g/mol. The molecule has 0 aliphatic heterocycles. The van der Waals surface area contributed by atoms with Crippen LogP contribution in [0.2, 0.25) is 0 Å². The Morgan fingerprint density at radius 3 is 2.65 bits per heavy atom. The van der Waals surface area contributed by atoms with E-state index in [1.54, 1.807) is 0 Å². The standard InChI is InChI=1S/C13H21N3O/c1-5-8(2)12(14)13(17)16-11-7-6-9(3)15-10(11)4/h6-8,12H,5,14H2,1-4H3,(H,16,17)/t8?,12-/m0/s1. The number of aromatic nitrogens is 1. The molecule has 1 heterocycles. The Hall–Kier alpha value is -1.42. The van der Waals surface area contributed by atoms with Gasteiger partial charge in [-0.05, 0) is 31.9 Å². The van der Waals surface area contributed by atoms with Crippen LogP contribution < -0.4 is 11.1 Å². The molecule has 1 aromatic rings. The van der Waals surface area contributed by atoms with Gasteiger partial charge in [-0.1, -0.05) is 20.3 Å². The molecule has 1 amide bonds.